The van der Waals surface area contributed by atoms with Gasteiger partial charge in [0.2, 0.25) is 0 Å². The number of rotatable bonds is 4. The number of nitrogen functional groups attached to an aromatic ring is 1. The summed E-state index contributed by atoms with van der Waals surface area (Å²) < 4.78 is 5.41. The highest BCUT2D eigenvalue weighted by Crippen LogP contribution is 2.34. The van der Waals surface area contributed by atoms with E-state index in [9.17, 15) is 4.79 Å². The molecule has 0 unspecified atom stereocenters. The molecule has 0 bridgehead atoms. The number of carbonyl (C=O) groups is 1. The van der Waals surface area contributed by atoms with Crippen molar-refractivity contribution in [3.05, 3.63) is 18.2 Å². The van der Waals surface area contributed by atoms with Gasteiger partial charge in [0, 0.05) is 12.2 Å². The molecule has 4 N–H and O–H groups in total. The van der Waals surface area contributed by atoms with E-state index < -0.39 is 0 Å². The van der Waals surface area contributed by atoms with Gasteiger partial charge in [0.1, 0.15) is 5.75 Å². The molecule has 0 spiro atoms. The number of amides is 1. The zero-order valence-corrected chi connectivity index (χ0v) is 11.5. The molecule has 1 aliphatic heterocycles. The van der Waals surface area contributed by atoms with Crippen LogP contribution in [0.2, 0.25) is 0 Å². The normalized spacial score (nSPS) is 15.1. The Morgan fingerprint density at radius 2 is 2.16 bits per heavy atom. The second-order valence-corrected chi connectivity index (χ2v) is 5.68. The van der Waals surface area contributed by atoms with Crippen molar-refractivity contribution in [1.82, 2.24) is 0 Å². The van der Waals surface area contributed by atoms with Crippen molar-refractivity contribution in [2.45, 2.75) is 20.3 Å². The van der Waals surface area contributed by atoms with Gasteiger partial charge >= 0.3 is 0 Å². The topological polar surface area (TPSA) is 81.6 Å². The third kappa shape index (κ3) is 2.98. The first-order chi connectivity index (χ1) is 8.93. The van der Waals surface area contributed by atoms with Crippen molar-refractivity contribution >= 4 is 17.3 Å². The highest BCUT2D eigenvalue weighted by molar-refractivity contribution is 5.98. The van der Waals surface area contributed by atoms with Crippen LogP contribution in [-0.2, 0) is 4.79 Å². The minimum absolute atomic E-state index is 0.0130. The van der Waals surface area contributed by atoms with Gasteiger partial charge < -0.3 is 21.1 Å². The molecular weight excluding hydrogens is 242 g/mol. The summed E-state index contributed by atoms with van der Waals surface area (Å²) in [6, 6.07) is 5.36. The minimum Gasteiger partial charge on any atom is -0.482 e. The zero-order chi connectivity index (χ0) is 14.0. The zero-order valence-electron chi connectivity index (χ0n) is 11.5. The number of fused-ring (bicyclic) bond motifs is 1. The fraction of sp³-hybridized carbons (Fsp3) is 0.500. The van der Waals surface area contributed by atoms with Crippen LogP contribution in [0, 0.1) is 5.41 Å². The van der Waals surface area contributed by atoms with Crippen LogP contribution in [0.4, 0.5) is 11.4 Å². The van der Waals surface area contributed by atoms with Gasteiger partial charge in [-0.3, -0.25) is 4.79 Å². The Bertz CT molecular complexity index is 486. The van der Waals surface area contributed by atoms with E-state index in [0.29, 0.717) is 24.5 Å². The number of nitrogens with zero attached hydrogens (tertiary/aromatic N) is 1. The Labute approximate surface area is 113 Å². The second-order valence-electron chi connectivity index (χ2n) is 5.68. The minimum atomic E-state index is -0.0362. The summed E-state index contributed by atoms with van der Waals surface area (Å²) in [7, 11) is 0. The smallest absolute Gasteiger partial charge is 0.265 e. The first kappa shape index (κ1) is 13.7. The molecule has 1 aromatic carbocycles. The highest BCUT2D eigenvalue weighted by Gasteiger charge is 2.27. The molecule has 1 heterocycles. The maximum Gasteiger partial charge on any atom is 0.265 e. The Balaban J connectivity index is 2.21. The monoisotopic (exact) mass is 263 g/mol. The number of hydrogen-bond acceptors (Lipinski definition) is 4. The standard InChI is InChI=1S/C14H21N3O2/c1-14(2,9-15)5-6-17-11-7-10(16)3-4-12(11)19-8-13(17)18/h3-4,7H,5-6,8-9,15-16H2,1-2H3. The van der Waals surface area contributed by atoms with Crippen molar-refractivity contribution < 1.29 is 9.53 Å². The predicted molar refractivity (Wildman–Crippen MR) is 76.2 cm³/mol. The van der Waals surface area contributed by atoms with Crippen molar-refractivity contribution in [3.8, 4) is 5.75 Å². The van der Waals surface area contributed by atoms with Crippen LogP contribution in [0.15, 0.2) is 18.2 Å². The lowest BCUT2D eigenvalue weighted by Crippen LogP contribution is -2.41. The molecule has 0 radical (unpaired) electrons. The molecule has 5 nitrogen and oxygen atoms in total. The summed E-state index contributed by atoms with van der Waals surface area (Å²) in [6.07, 6.45) is 0.837. The molecule has 2 rings (SSSR count). The van der Waals surface area contributed by atoms with Crippen LogP contribution in [0.1, 0.15) is 20.3 Å². The lowest BCUT2D eigenvalue weighted by Gasteiger charge is -2.32. The number of carbonyl (C=O) groups excluding carboxylic acids is 1. The van der Waals surface area contributed by atoms with E-state index in [4.69, 9.17) is 16.2 Å². The van der Waals surface area contributed by atoms with E-state index in [1.165, 1.54) is 0 Å². The molecule has 5 heteroatoms. The van der Waals surface area contributed by atoms with E-state index in [2.05, 4.69) is 13.8 Å². The quantitative estimate of drug-likeness (QED) is 0.804. The Morgan fingerprint density at radius 3 is 2.84 bits per heavy atom. The van der Waals surface area contributed by atoms with Gasteiger partial charge in [-0.1, -0.05) is 13.8 Å². The Hall–Kier alpha value is -1.75. The van der Waals surface area contributed by atoms with Crippen molar-refractivity contribution in [1.29, 1.82) is 0 Å². The molecule has 1 amide bonds. The van der Waals surface area contributed by atoms with Gasteiger partial charge in [-0.2, -0.15) is 0 Å². The average Bonchev–Trinajstić information content (AvgIpc) is 2.37. The molecule has 0 aromatic heterocycles. The lowest BCUT2D eigenvalue weighted by atomic mass is 9.89. The molecule has 104 valence electrons. The lowest BCUT2D eigenvalue weighted by molar-refractivity contribution is -0.121. The molecule has 19 heavy (non-hydrogen) atoms. The summed E-state index contributed by atoms with van der Waals surface area (Å²) in [4.78, 5) is 13.7. The van der Waals surface area contributed by atoms with Crippen LogP contribution in [0.3, 0.4) is 0 Å². The van der Waals surface area contributed by atoms with E-state index in [-0.39, 0.29) is 17.9 Å². The largest absolute Gasteiger partial charge is 0.482 e. The number of ether oxygens (including phenoxy) is 1. The summed E-state index contributed by atoms with van der Waals surface area (Å²) in [5.74, 6) is 0.672. The van der Waals surface area contributed by atoms with Crippen molar-refractivity contribution in [2.24, 2.45) is 11.1 Å². The van der Waals surface area contributed by atoms with Gasteiger partial charge in [-0.15, -0.1) is 0 Å². The van der Waals surface area contributed by atoms with Gasteiger partial charge in [0.25, 0.3) is 5.91 Å². The molecular formula is C14H21N3O2. The SMILES string of the molecule is CC(C)(CN)CCN1C(=O)COc2ccc(N)cc21. The van der Waals surface area contributed by atoms with Crippen LogP contribution in [0.25, 0.3) is 0 Å². The van der Waals surface area contributed by atoms with Crippen molar-refractivity contribution in [3.63, 3.8) is 0 Å². The van der Waals surface area contributed by atoms with Crippen LogP contribution in [-0.4, -0.2) is 25.6 Å². The van der Waals surface area contributed by atoms with Crippen LogP contribution >= 0.6 is 0 Å². The Kier molecular flexibility index (Phi) is 3.66. The third-order valence-corrected chi connectivity index (χ3v) is 3.49. The predicted octanol–water partition coefficient (Wildman–Crippen LogP) is 1.37. The second kappa shape index (κ2) is 5.09. The fourth-order valence-electron chi connectivity index (χ4n) is 1.98. The van der Waals surface area contributed by atoms with Gasteiger partial charge in [0.15, 0.2) is 6.61 Å². The third-order valence-electron chi connectivity index (χ3n) is 3.49. The molecule has 0 atom stereocenters. The first-order valence-corrected chi connectivity index (χ1v) is 6.46. The van der Waals surface area contributed by atoms with Gasteiger partial charge in [0.05, 0.1) is 5.69 Å². The number of hydrogen-bond donors (Lipinski definition) is 2. The molecule has 0 saturated heterocycles. The summed E-state index contributed by atoms with van der Waals surface area (Å²) in [6.45, 7) is 5.49. The van der Waals surface area contributed by atoms with E-state index >= 15 is 0 Å². The Morgan fingerprint density at radius 1 is 1.42 bits per heavy atom. The first-order valence-electron chi connectivity index (χ1n) is 6.46. The van der Waals surface area contributed by atoms with Crippen molar-refractivity contribution in [2.75, 3.05) is 30.3 Å². The molecule has 0 saturated carbocycles. The van der Waals surface area contributed by atoms with Gasteiger partial charge in [-0.25, -0.2) is 0 Å². The maximum atomic E-state index is 12.0. The number of anilines is 2. The number of nitrogens with two attached hydrogens (primary N) is 2. The van der Waals surface area contributed by atoms with E-state index in [1.54, 1.807) is 23.1 Å². The molecule has 1 aromatic rings. The average molecular weight is 263 g/mol. The van der Waals surface area contributed by atoms with E-state index in [1.807, 2.05) is 0 Å². The van der Waals surface area contributed by atoms with Crippen LogP contribution in [0.5, 0.6) is 5.75 Å². The summed E-state index contributed by atoms with van der Waals surface area (Å²) in [5, 5.41) is 0. The number of benzene rings is 1. The van der Waals surface area contributed by atoms with E-state index in [0.717, 1.165) is 12.1 Å². The maximum absolute atomic E-state index is 12.0. The fourth-order valence-corrected chi connectivity index (χ4v) is 1.98. The molecule has 0 fully saturated rings. The van der Waals surface area contributed by atoms with Crippen LogP contribution < -0.4 is 21.1 Å². The molecule has 0 aliphatic carbocycles. The highest BCUT2D eigenvalue weighted by atomic mass is 16.5. The summed E-state index contributed by atoms with van der Waals surface area (Å²) >= 11 is 0. The van der Waals surface area contributed by atoms with Gasteiger partial charge in [-0.05, 0) is 36.6 Å². The molecule has 1 aliphatic rings. The summed E-state index contributed by atoms with van der Waals surface area (Å²) in [5.41, 5.74) is 12.9.